The Kier molecular flexibility index (Phi) is 3.19. The molecule has 2 saturated heterocycles. The van der Waals surface area contributed by atoms with Crippen LogP contribution in [0.15, 0.2) is 0 Å². The van der Waals surface area contributed by atoms with Crippen molar-refractivity contribution in [1.82, 2.24) is 10.2 Å². The molecule has 2 aliphatic rings. The highest BCUT2D eigenvalue weighted by atomic mass is 16.5. The van der Waals surface area contributed by atoms with Crippen molar-refractivity contribution in [2.75, 3.05) is 32.8 Å². The van der Waals surface area contributed by atoms with E-state index < -0.39 is 0 Å². The van der Waals surface area contributed by atoms with Crippen molar-refractivity contribution in [3.05, 3.63) is 0 Å². The zero-order valence-electron chi connectivity index (χ0n) is 8.46. The predicted molar refractivity (Wildman–Crippen MR) is 52.9 cm³/mol. The van der Waals surface area contributed by atoms with Gasteiger partial charge in [-0.3, -0.25) is 4.90 Å². The molecule has 0 amide bonds. The molecule has 1 N–H and O–H groups in total. The van der Waals surface area contributed by atoms with E-state index in [9.17, 15) is 0 Å². The van der Waals surface area contributed by atoms with Gasteiger partial charge in [-0.25, -0.2) is 0 Å². The lowest BCUT2D eigenvalue weighted by Crippen LogP contribution is -2.50. The Morgan fingerprint density at radius 3 is 2.77 bits per heavy atom. The third kappa shape index (κ3) is 2.42. The molecule has 0 spiro atoms. The lowest BCUT2D eigenvalue weighted by molar-refractivity contribution is -0.0382. The first-order valence-corrected chi connectivity index (χ1v) is 5.42. The van der Waals surface area contributed by atoms with E-state index >= 15 is 0 Å². The summed E-state index contributed by atoms with van der Waals surface area (Å²) in [7, 11) is 0. The fourth-order valence-corrected chi connectivity index (χ4v) is 2.35. The van der Waals surface area contributed by atoms with Gasteiger partial charge in [0.25, 0.3) is 0 Å². The van der Waals surface area contributed by atoms with Crippen LogP contribution in [0.1, 0.15) is 19.8 Å². The maximum absolute atomic E-state index is 5.54. The molecule has 76 valence electrons. The summed E-state index contributed by atoms with van der Waals surface area (Å²) in [4.78, 5) is 2.61. The fraction of sp³-hybridized carbons (Fsp3) is 1.00. The largest absolute Gasteiger partial charge is 0.376 e. The molecule has 3 heteroatoms. The van der Waals surface area contributed by atoms with Crippen LogP contribution in [-0.2, 0) is 4.74 Å². The summed E-state index contributed by atoms with van der Waals surface area (Å²) >= 11 is 0. The molecule has 0 radical (unpaired) electrons. The van der Waals surface area contributed by atoms with Gasteiger partial charge in [-0.15, -0.1) is 0 Å². The molecule has 13 heavy (non-hydrogen) atoms. The van der Waals surface area contributed by atoms with Crippen molar-refractivity contribution in [3.8, 4) is 0 Å². The van der Waals surface area contributed by atoms with E-state index in [4.69, 9.17) is 4.74 Å². The normalized spacial score (nSPS) is 33.5. The summed E-state index contributed by atoms with van der Waals surface area (Å²) in [5.74, 6) is 0. The third-order valence-corrected chi connectivity index (χ3v) is 3.10. The van der Waals surface area contributed by atoms with Crippen LogP contribution in [0.25, 0.3) is 0 Å². The first kappa shape index (κ1) is 9.44. The number of piperidine rings is 1. The minimum absolute atomic E-state index is 0.434. The van der Waals surface area contributed by atoms with Crippen molar-refractivity contribution >= 4 is 0 Å². The standard InChI is InChI=1S/C10H20N2O/c1-9-8-12(6-7-13-9)10-2-4-11-5-3-10/h9-11H,2-8H2,1H3/t9-/m0/s1. The molecule has 2 heterocycles. The molecule has 0 aromatic heterocycles. The molecule has 0 aromatic carbocycles. The quantitative estimate of drug-likeness (QED) is 0.641. The van der Waals surface area contributed by atoms with Gasteiger partial charge in [-0.05, 0) is 32.9 Å². The van der Waals surface area contributed by atoms with E-state index in [0.29, 0.717) is 6.10 Å². The Hall–Kier alpha value is -0.120. The number of morpholine rings is 1. The van der Waals surface area contributed by atoms with Gasteiger partial charge in [0.05, 0.1) is 12.7 Å². The fourth-order valence-electron chi connectivity index (χ4n) is 2.35. The zero-order valence-corrected chi connectivity index (χ0v) is 8.46. The van der Waals surface area contributed by atoms with E-state index in [0.717, 1.165) is 25.7 Å². The van der Waals surface area contributed by atoms with Crippen LogP contribution in [0.5, 0.6) is 0 Å². The maximum atomic E-state index is 5.54. The maximum Gasteiger partial charge on any atom is 0.0674 e. The Morgan fingerprint density at radius 2 is 2.08 bits per heavy atom. The van der Waals surface area contributed by atoms with Crippen molar-refractivity contribution in [3.63, 3.8) is 0 Å². The Bertz CT molecular complexity index is 157. The molecule has 1 atom stereocenters. The molecule has 0 aromatic rings. The molecule has 2 fully saturated rings. The Balaban J connectivity index is 1.83. The van der Waals surface area contributed by atoms with Gasteiger partial charge in [0, 0.05) is 19.1 Å². The Labute approximate surface area is 80.4 Å². The SMILES string of the molecule is C[C@H]1CN(C2CCNCC2)CCO1. The number of nitrogens with zero attached hydrogens (tertiary/aromatic N) is 1. The highest BCUT2D eigenvalue weighted by Gasteiger charge is 2.25. The second kappa shape index (κ2) is 4.40. The van der Waals surface area contributed by atoms with Gasteiger partial charge in [-0.2, -0.15) is 0 Å². The molecule has 0 unspecified atom stereocenters. The summed E-state index contributed by atoms with van der Waals surface area (Å²) in [6.07, 6.45) is 3.06. The van der Waals surface area contributed by atoms with Gasteiger partial charge in [-0.1, -0.05) is 0 Å². The molecule has 0 bridgehead atoms. The third-order valence-electron chi connectivity index (χ3n) is 3.10. The first-order chi connectivity index (χ1) is 6.36. The van der Waals surface area contributed by atoms with Crippen LogP contribution < -0.4 is 5.32 Å². The van der Waals surface area contributed by atoms with Crippen molar-refractivity contribution in [2.24, 2.45) is 0 Å². The number of nitrogens with one attached hydrogen (secondary N) is 1. The zero-order chi connectivity index (χ0) is 9.10. The van der Waals surface area contributed by atoms with Crippen LogP contribution in [0.3, 0.4) is 0 Å². The Morgan fingerprint density at radius 1 is 1.31 bits per heavy atom. The first-order valence-electron chi connectivity index (χ1n) is 5.42. The molecule has 2 rings (SSSR count). The van der Waals surface area contributed by atoms with Crippen molar-refractivity contribution in [2.45, 2.75) is 31.9 Å². The summed E-state index contributed by atoms with van der Waals surface area (Å²) in [5.41, 5.74) is 0. The smallest absolute Gasteiger partial charge is 0.0674 e. The van der Waals surface area contributed by atoms with E-state index in [1.54, 1.807) is 0 Å². The molecular formula is C10H20N2O. The van der Waals surface area contributed by atoms with E-state index in [1.807, 2.05) is 0 Å². The van der Waals surface area contributed by atoms with Crippen LogP contribution in [0.4, 0.5) is 0 Å². The van der Waals surface area contributed by atoms with E-state index in [1.165, 1.54) is 25.9 Å². The lowest BCUT2D eigenvalue weighted by atomic mass is 10.0. The van der Waals surface area contributed by atoms with Gasteiger partial charge in [0.15, 0.2) is 0 Å². The number of hydrogen-bond acceptors (Lipinski definition) is 3. The van der Waals surface area contributed by atoms with Crippen LogP contribution in [0.2, 0.25) is 0 Å². The molecule has 3 nitrogen and oxygen atoms in total. The monoisotopic (exact) mass is 184 g/mol. The van der Waals surface area contributed by atoms with Crippen LogP contribution in [-0.4, -0.2) is 49.8 Å². The van der Waals surface area contributed by atoms with Crippen LogP contribution >= 0.6 is 0 Å². The number of hydrogen-bond donors (Lipinski definition) is 1. The summed E-state index contributed by atoms with van der Waals surface area (Å²) in [5, 5.41) is 3.41. The number of rotatable bonds is 1. The van der Waals surface area contributed by atoms with Crippen molar-refractivity contribution < 1.29 is 4.74 Å². The highest BCUT2D eigenvalue weighted by Crippen LogP contribution is 2.15. The molecular weight excluding hydrogens is 164 g/mol. The van der Waals surface area contributed by atoms with Gasteiger partial charge >= 0.3 is 0 Å². The summed E-state index contributed by atoms with van der Waals surface area (Å²) < 4.78 is 5.54. The van der Waals surface area contributed by atoms with Gasteiger partial charge in [0.2, 0.25) is 0 Å². The average Bonchev–Trinajstić information content (AvgIpc) is 2.19. The highest BCUT2D eigenvalue weighted by molar-refractivity contribution is 4.80. The van der Waals surface area contributed by atoms with Crippen molar-refractivity contribution in [1.29, 1.82) is 0 Å². The number of ether oxygens (including phenoxy) is 1. The minimum Gasteiger partial charge on any atom is -0.376 e. The molecule has 0 aliphatic carbocycles. The second-order valence-corrected chi connectivity index (χ2v) is 4.16. The molecule has 2 aliphatic heterocycles. The van der Waals surface area contributed by atoms with E-state index in [2.05, 4.69) is 17.1 Å². The van der Waals surface area contributed by atoms with Gasteiger partial charge < -0.3 is 10.1 Å². The van der Waals surface area contributed by atoms with E-state index in [-0.39, 0.29) is 0 Å². The topological polar surface area (TPSA) is 24.5 Å². The predicted octanol–water partition coefficient (Wildman–Crippen LogP) is 0.459. The van der Waals surface area contributed by atoms with Crippen LogP contribution in [0, 0.1) is 0 Å². The van der Waals surface area contributed by atoms with Gasteiger partial charge in [0.1, 0.15) is 0 Å². The summed E-state index contributed by atoms with van der Waals surface area (Å²) in [6.45, 7) is 7.74. The lowest BCUT2D eigenvalue weighted by Gasteiger charge is -2.39. The second-order valence-electron chi connectivity index (χ2n) is 4.16. The minimum atomic E-state index is 0.434. The summed E-state index contributed by atoms with van der Waals surface area (Å²) in [6, 6.07) is 0.813. The average molecular weight is 184 g/mol. The molecule has 0 saturated carbocycles.